The van der Waals surface area contributed by atoms with Crippen molar-refractivity contribution in [3.8, 4) is 11.5 Å². The first kappa shape index (κ1) is 16.8. The molecule has 8 nitrogen and oxygen atoms in total. The first-order valence-electron chi connectivity index (χ1n) is 7.39. The maximum absolute atomic E-state index is 12.8. The van der Waals surface area contributed by atoms with Crippen LogP contribution in [0.5, 0.6) is 11.5 Å². The second-order valence-corrected chi connectivity index (χ2v) is 6.46. The molecule has 0 saturated heterocycles. The molecule has 1 aromatic rings. The number of aliphatic hydroxyl groups excluding tert-OH is 3. The normalized spacial score (nSPS) is 38.5. The van der Waals surface area contributed by atoms with Gasteiger partial charge in [-0.2, -0.15) is 0 Å². The molecule has 8 heteroatoms. The first-order valence-corrected chi connectivity index (χ1v) is 7.39. The third-order valence-electron chi connectivity index (χ3n) is 5.04. The van der Waals surface area contributed by atoms with E-state index in [1.165, 1.54) is 7.11 Å². The van der Waals surface area contributed by atoms with Crippen LogP contribution in [0.4, 0.5) is 0 Å². The van der Waals surface area contributed by atoms with Gasteiger partial charge in [0.25, 0.3) is 0 Å². The highest BCUT2D eigenvalue weighted by molar-refractivity contribution is 6.18. The predicted octanol–water partition coefficient (Wildman–Crippen LogP) is -1.14. The number of ketones is 2. The van der Waals surface area contributed by atoms with Gasteiger partial charge in [-0.3, -0.25) is 9.59 Å². The number of ether oxygens (including phenoxy) is 1. The number of carbonyl (C=O) groups excluding carboxylic acids is 2. The van der Waals surface area contributed by atoms with Gasteiger partial charge in [0.05, 0.1) is 36.7 Å². The number of Topliss-reactive ketones (excluding diaryl/α,β-unsaturated/α-hetero) is 2. The highest BCUT2D eigenvalue weighted by Gasteiger charge is 2.62. The summed E-state index contributed by atoms with van der Waals surface area (Å²) in [5.41, 5.74) is -2.45. The van der Waals surface area contributed by atoms with Crippen LogP contribution in [0.25, 0.3) is 0 Å². The third kappa shape index (κ3) is 2.01. The van der Waals surface area contributed by atoms with Crippen LogP contribution in [0.1, 0.15) is 27.6 Å². The summed E-state index contributed by atoms with van der Waals surface area (Å²) in [6.45, 7) is 1.08. The molecule has 3 rings (SSSR count). The summed E-state index contributed by atoms with van der Waals surface area (Å²) in [6, 6.07) is 2.23. The van der Waals surface area contributed by atoms with Gasteiger partial charge in [-0.25, -0.2) is 0 Å². The van der Waals surface area contributed by atoms with E-state index in [1.807, 2.05) is 0 Å². The van der Waals surface area contributed by atoms with Gasteiger partial charge in [-0.05, 0) is 13.0 Å². The zero-order valence-electron chi connectivity index (χ0n) is 13.0. The lowest BCUT2D eigenvalue weighted by Crippen LogP contribution is -2.69. The zero-order chi connectivity index (χ0) is 18.0. The van der Waals surface area contributed by atoms with E-state index < -0.39 is 47.3 Å². The van der Waals surface area contributed by atoms with Gasteiger partial charge in [0.15, 0.2) is 11.6 Å². The first-order chi connectivity index (χ1) is 11.1. The van der Waals surface area contributed by atoms with Gasteiger partial charge in [0.1, 0.15) is 23.2 Å². The number of fused-ring (bicyclic) bond motifs is 2. The summed E-state index contributed by atoms with van der Waals surface area (Å²) in [7, 11) is 1.25. The number of aromatic hydroxyl groups is 1. The van der Waals surface area contributed by atoms with Crippen LogP contribution >= 0.6 is 0 Å². The molecule has 1 aromatic carbocycles. The number of hydrogen-bond donors (Lipinski definition) is 5. The quantitative estimate of drug-likeness (QED) is 0.432. The fraction of sp³-hybridized carbons (Fsp3) is 0.500. The van der Waals surface area contributed by atoms with E-state index in [2.05, 4.69) is 0 Å². The molecule has 0 aliphatic heterocycles. The highest BCUT2D eigenvalue weighted by Crippen LogP contribution is 2.46. The average molecular weight is 338 g/mol. The topological polar surface area (TPSA) is 145 Å². The van der Waals surface area contributed by atoms with Gasteiger partial charge in [-0.15, -0.1) is 0 Å². The Kier molecular flexibility index (Phi) is 3.68. The van der Waals surface area contributed by atoms with E-state index in [-0.39, 0.29) is 22.6 Å². The fourth-order valence-electron chi connectivity index (χ4n) is 3.67. The van der Waals surface area contributed by atoms with Crippen molar-refractivity contribution >= 4 is 11.6 Å². The molecule has 130 valence electrons. The molecular weight excluding hydrogens is 320 g/mol. The van der Waals surface area contributed by atoms with Gasteiger partial charge >= 0.3 is 0 Å². The van der Waals surface area contributed by atoms with Crippen LogP contribution in [-0.2, 0) is 0 Å². The molecule has 6 atom stereocenters. The molecule has 1 fully saturated rings. The molecule has 0 aromatic heterocycles. The Balaban J connectivity index is 2.24. The molecule has 5 N–H and O–H groups in total. The summed E-state index contributed by atoms with van der Waals surface area (Å²) >= 11 is 0. The standard InChI is InChI=1S/C16H18O8/c1-16(23)14(21)10-9(13(20)15(16)22)12(19)8-6(11(10)18)3-5(17)4-7(8)24-2/h3-4,9-10,13-15,17,20-23H,1-2H3/t9?,10?,13-,14-,15+,16-/m0/s1. The Morgan fingerprint density at radius 3 is 2.25 bits per heavy atom. The number of carbonyl (C=O) groups is 2. The van der Waals surface area contributed by atoms with Crippen LogP contribution in [0.2, 0.25) is 0 Å². The van der Waals surface area contributed by atoms with Crippen LogP contribution in [-0.4, -0.2) is 68.1 Å². The molecule has 2 aliphatic carbocycles. The monoisotopic (exact) mass is 338 g/mol. The Labute approximate surface area is 136 Å². The van der Waals surface area contributed by atoms with E-state index in [1.54, 1.807) is 0 Å². The Hall–Kier alpha value is -2.00. The number of aliphatic hydroxyl groups is 4. The molecule has 2 aliphatic rings. The molecule has 0 bridgehead atoms. The second-order valence-electron chi connectivity index (χ2n) is 6.46. The SMILES string of the molecule is COc1cc(O)cc2c1C(=O)C1C(C2=O)[C@H](O)[C@](C)(O)[C@H](O)[C@H]1O. The number of benzene rings is 1. The lowest BCUT2D eigenvalue weighted by Gasteiger charge is -2.49. The van der Waals surface area contributed by atoms with Gasteiger partial charge in [0, 0.05) is 11.6 Å². The van der Waals surface area contributed by atoms with Crippen LogP contribution in [0.15, 0.2) is 12.1 Å². The lowest BCUT2D eigenvalue weighted by molar-refractivity contribution is -0.217. The number of methoxy groups -OCH3 is 1. The van der Waals surface area contributed by atoms with Crippen molar-refractivity contribution in [2.45, 2.75) is 30.8 Å². The number of rotatable bonds is 1. The minimum Gasteiger partial charge on any atom is -0.508 e. The summed E-state index contributed by atoms with van der Waals surface area (Å²) < 4.78 is 5.03. The fourth-order valence-corrected chi connectivity index (χ4v) is 3.67. The largest absolute Gasteiger partial charge is 0.508 e. The molecule has 24 heavy (non-hydrogen) atoms. The van der Waals surface area contributed by atoms with Crippen molar-refractivity contribution in [3.05, 3.63) is 23.3 Å². The van der Waals surface area contributed by atoms with Crippen molar-refractivity contribution in [3.63, 3.8) is 0 Å². The lowest BCUT2D eigenvalue weighted by atomic mass is 9.59. The molecule has 0 spiro atoms. The van der Waals surface area contributed by atoms with Crippen molar-refractivity contribution in [1.82, 2.24) is 0 Å². The van der Waals surface area contributed by atoms with Crippen molar-refractivity contribution in [2.75, 3.05) is 7.11 Å². The van der Waals surface area contributed by atoms with Gasteiger partial charge in [-0.1, -0.05) is 0 Å². The van der Waals surface area contributed by atoms with E-state index in [0.717, 1.165) is 19.1 Å². The summed E-state index contributed by atoms with van der Waals surface area (Å²) in [4.78, 5) is 25.6. The molecule has 0 amide bonds. The molecule has 0 radical (unpaired) electrons. The van der Waals surface area contributed by atoms with Gasteiger partial charge < -0.3 is 30.3 Å². The van der Waals surface area contributed by atoms with E-state index >= 15 is 0 Å². The summed E-state index contributed by atoms with van der Waals surface area (Å²) in [6.07, 6.45) is -5.31. The van der Waals surface area contributed by atoms with E-state index in [0.29, 0.717) is 0 Å². The maximum atomic E-state index is 12.8. The smallest absolute Gasteiger partial charge is 0.173 e. The number of phenolic OH excluding ortho intramolecular Hbond substituents is 1. The van der Waals surface area contributed by atoms with E-state index in [9.17, 15) is 35.1 Å². The van der Waals surface area contributed by atoms with E-state index in [4.69, 9.17) is 4.74 Å². The molecule has 0 heterocycles. The Morgan fingerprint density at radius 2 is 1.67 bits per heavy atom. The highest BCUT2D eigenvalue weighted by atomic mass is 16.5. The van der Waals surface area contributed by atoms with Crippen molar-refractivity contribution in [1.29, 1.82) is 0 Å². The van der Waals surface area contributed by atoms with Crippen LogP contribution < -0.4 is 4.74 Å². The molecule has 2 unspecified atom stereocenters. The zero-order valence-corrected chi connectivity index (χ0v) is 13.0. The number of hydrogen-bond acceptors (Lipinski definition) is 8. The summed E-state index contributed by atoms with van der Waals surface area (Å²) in [5.74, 6) is -4.63. The molecular formula is C16H18O8. The Bertz CT molecular complexity index is 725. The van der Waals surface area contributed by atoms with Crippen molar-refractivity contribution in [2.24, 2.45) is 11.8 Å². The molecule has 1 saturated carbocycles. The Morgan fingerprint density at radius 1 is 1.04 bits per heavy atom. The minimum atomic E-state index is -2.17. The van der Waals surface area contributed by atoms with Crippen LogP contribution in [0, 0.1) is 11.8 Å². The maximum Gasteiger partial charge on any atom is 0.173 e. The average Bonchev–Trinajstić information content (AvgIpc) is 2.53. The van der Waals surface area contributed by atoms with Gasteiger partial charge in [0.2, 0.25) is 0 Å². The third-order valence-corrected chi connectivity index (χ3v) is 5.04. The second kappa shape index (κ2) is 5.25. The predicted molar refractivity (Wildman–Crippen MR) is 78.9 cm³/mol. The summed E-state index contributed by atoms with van der Waals surface area (Å²) in [5, 5.41) is 50.6. The van der Waals surface area contributed by atoms with Crippen LogP contribution in [0.3, 0.4) is 0 Å². The van der Waals surface area contributed by atoms with Crippen molar-refractivity contribution < 1.29 is 39.9 Å². The number of phenols is 1. The minimum absolute atomic E-state index is 0.0460.